The standard InChI is InChI=1S/C16H26N2O2S/c1-12-7-8-18(11-14(12)3)21(19,20)16-6-5-13(2)15(9-16)10-17-4/h5-6,9,12,14,17H,7-8,10-11H2,1-4H3. The lowest BCUT2D eigenvalue weighted by atomic mass is 9.90. The van der Waals surface area contributed by atoms with Crippen molar-refractivity contribution in [3.8, 4) is 0 Å². The molecule has 2 atom stereocenters. The van der Waals surface area contributed by atoms with E-state index in [-0.39, 0.29) is 0 Å². The number of nitrogens with zero attached hydrogens (tertiary/aromatic N) is 1. The van der Waals surface area contributed by atoms with Gasteiger partial charge in [0.15, 0.2) is 0 Å². The smallest absolute Gasteiger partial charge is 0.243 e. The van der Waals surface area contributed by atoms with E-state index in [0.717, 1.165) is 17.5 Å². The van der Waals surface area contributed by atoms with Gasteiger partial charge in [-0.25, -0.2) is 8.42 Å². The fourth-order valence-electron chi connectivity index (χ4n) is 2.78. The van der Waals surface area contributed by atoms with Gasteiger partial charge in [-0.1, -0.05) is 19.9 Å². The van der Waals surface area contributed by atoms with E-state index in [1.54, 1.807) is 10.4 Å². The number of hydrogen-bond acceptors (Lipinski definition) is 3. The first-order chi connectivity index (χ1) is 9.86. The highest BCUT2D eigenvalue weighted by Crippen LogP contribution is 2.28. The number of piperidine rings is 1. The van der Waals surface area contributed by atoms with Crippen LogP contribution in [-0.4, -0.2) is 32.9 Å². The second-order valence-corrected chi connectivity index (χ2v) is 8.16. The van der Waals surface area contributed by atoms with Crippen LogP contribution in [-0.2, 0) is 16.6 Å². The van der Waals surface area contributed by atoms with Crippen molar-refractivity contribution in [1.82, 2.24) is 9.62 Å². The van der Waals surface area contributed by atoms with Gasteiger partial charge >= 0.3 is 0 Å². The third-order valence-corrected chi connectivity index (χ3v) is 6.48. The van der Waals surface area contributed by atoms with Crippen LogP contribution >= 0.6 is 0 Å². The molecule has 4 nitrogen and oxygen atoms in total. The van der Waals surface area contributed by atoms with Crippen molar-refractivity contribution in [2.75, 3.05) is 20.1 Å². The molecule has 0 bridgehead atoms. The molecule has 1 aromatic carbocycles. The predicted molar refractivity (Wildman–Crippen MR) is 85.6 cm³/mol. The molecule has 1 fully saturated rings. The van der Waals surface area contributed by atoms with Gasteiger partial charge in [-0.05, 0) is 55.5 Å². The average Bonchev–Trinajstić information content (AvgIpc) is 2.44. The van der Waals surface area contributed by atoms with Gasteiger partial charge in [0.25, 0.3) is 0 Å². The molecule has 0 aliphatic carbocycles. The Hall–Kier alpha value is -0.910. The van der Waals surface area contributed by atoms with Gasteiger partial charge in [-0.15, -0.1) is 0 Å². The Balaban J connectivity index is 2.29. The van der Waals surface area contributed by atoms with Crippen LogP contribution in [0.5, 0.6) is 0 Å². The number of sulfonamides is 1. The zero-order chi connectivity index (χ0) is 15.6. The highest BCUT2D eigenvalue weighted by Gasteiger charge is 2.31. The van der Waals surface area contributed by atoms with Crippen LogP contribution in [0.25, 0.3) is 0 Å². The lowest BCUT2D eigenvalue weighted by molar-refractivity contribution is 0.212. The monoisotopic (exact) mass is 310 g/mol. The highest BCUT2D eigenvalue weighted by molar-refractivity contribution is 7.89. The summed E-state index contributed by atoms with van der Waals surface area (Å²) in [6.45, 7) is 8.28. The summed E-state index contributed by atoms with van der Waals surface area (Å²) in [5.41, 5.74) is 2.15. The Labute approximate surface area is 128 Å². The van der Waals surface area contributed by atoms with Crippen LogP contribution in [0.2, 0.25) is 0 Å². The second kappa shape index (κ2) is 6.46. The maximum absolute atomic E-state index is 12.8. The summed E-state index contributed by atoms with van der Waals surface area (Å²) in [5.74, 6) is 1.00. The van der Waals surface area contributed by atoms with Crippen molar-refractivity contribution in [2.45, 2.75) is 38.6 Å². The molecule has 0 saturated carbocycles. The number of hydrogen-bond donors (Lipinski definition) is 1. The van der Waals surface area contributed by atoms with Gasteiger partial charge in [0.1, 0.15) is 0 Å². The Bertz CT molecular complexity index is 598. The number of aryl methyl sites for hydroxylation is 1. The second-order valence-electron chi connectivity index (χ2n) is 6.22. The van der Waals surface area contributed by atoms with E-state index in [2.05, 4.69) is 19.2 Å². The SMILES string of the molecule is CNCc1cc(S(=O)(=O)N2CCC(C)C(C)C2)ccc1C. The molecule has 0 aromatic heterocycles. The quantitative estimate of drug-likeness (QED) is 0.929. The van der Waals surface area contributed by atoms with Gasteiger partial charge in [0.2, 0.25) is 10.0 Å². The Morgan fingerprint density at radius 2 is 2.00 bits per heavy atom. The molecule has 21 heavy (non-hydrogen) atoms. The summed E-state index contributed by atoms with van der Waals surface area (Å²) in [4.78, 5) is 0.417. The van der Waals surface area contributed by atoms with E-state index in [0.29, 0.717) is 36.4 Å². The molecular weight excluding hydrogens is 284 g/mol. The van der Waals surface area contributed by atoms with E-state index in [9.17, 15) is 8.42 Å². The molecular formula is C16H26N2O2S. The summed E-state index contributed by atoms with van der Waals surface area (Å²) in [6.07, 6.45) is 0.940. The van der Waals surface area contributed by atoms with E-state index in [1.807, 2.05) is 26.1 Å². The van der Waals surface area contributed by atoms with Crippen molar-refractivity contribution < 1.29 is 8.42 Å². The maximum atomic E-state index is 12.8. The zero-order valence-corrected chi connectivity index (χ0v) is 14.2. The van der Waals surface area contributed by atoms with E-state index in [1.165, 1.54) is 0 Å². The highest BCUT2D eigenvalue weighted by atomic mass is 32.2. The van der Waals surface area contributed by atoms with Crippen LogP contribution in [0.4, 0.5) is 0 Å². The van der Waals surface area contributed by atoms with Crippen LogP contribution in [0.1, 0.15) is 31.4 Å². The van der Waals surface area contributed by atoms with E-state index in [4.69, 9.17) is 0 Å². The topological polar surface area (TPSA) is 49.4 Å². The van der Waals surface area contributed by atoms with Gasteiger partial charge < -0.3 is 5.32 Å². The minimum atomic E-state index is -3.37. The minimum Gasteiger partial charge on any atom is -0.316 e. The molecule has 0 spiro atoms. The van der Waals surface area contributed by atoms with Crippen molar-refractivity contribution in [2.24, 2.45) is 11.8 Å². The third kappa shape index (κ3) is 3.47. The summed E-state index contributed by atoms with van der Waals surface area (Å²) >= 11 is 0. The maximum Gasteiger partial charge on any atom is 0.243 e. The Kier molecular flexibility index (Phi) is 5.07. The summed E-state index contributed by atoms with van der Waals surface area (Å²) in [7, 11) is -1.50. The lowest BCUT2D eigenvalue weighted by Crippen LogP contribution is -2.42. The molecule has 1 saturated heterocycles. The van der Waals surface area contributed by atoms with Gasteiger partial charge in [0.05, 0.1) is 4.90 Å². The normalized spacial score (nSPS) is 24.2. The van der Waals surface area contributed by atoms with Crippen LogP contribution in [0.15, 0.2) is 23.1 Å². The Morgan fingerprint density at radius 3 is 2.62 bits per heavy atom. The number of nitrogens with one attached hydrogen (secondary N) is 1. The van der Waals surface area contributed by atoms with Crippen molar-refractivity contribution in [1.29, 1.82) is 0 Å². The van der Waals surface area contributed by atoms with Crippen molar-refractivity contribution in [3.63, 3.8) is 0 Å². The fourth-order valence-corrected chi connectivity index (χ4v) is 4.39. The first-order valence-corrected chi connectivity index (χ1v) is 9.04. The molecule has 0 radical (unpaired) electrons. The first kappa shape index (κ1) is 16.5. The summed E-state index contributed by atoms with van der Waals surface area (Å²) < 4.78 is 27.3. The van der Waals surface area contributed by atoms with Crippen LogP contribution < -0.4 is 5.32 Å². The van der Waals surface area contributed by atoms with E-state index >= 15 is 0 Å². The Morgan fingerprint density at radius 1 is 1.29 bits per heavy atom. The van der Waals surface area contributed by atoms with Gasteiger partial charge in [-0.3, -0.25) is 0 Å². The predicted octanol–water partition coefficient (Wildman–Crippen LogP) is 2.38. The lowest BCUT2D eigenvalue weighted by Gasteiger charge is -2.34. The molecule has 1 heterocycles. The number of benzene rings is 1. The van der Waals surface area contributed by atoms with Crippen molar-refractivity contribution >= 4 is 10.0 Å². The van der Waals surface area contributed by atoms with Crippen LogP contribution in [0.3, 0.4) is 0 Å². The summed E-state index contributed by atoms with van der Waals surface area (Å²) in [6, 6.07) is 5.44. The summed E-state index contributed by atoms with van der Waals surface area (Å²) in [5, 5.41) is 3.09. The molecule has 118 valence electrons. The molecule has 1 aliphatic heterocycles. The van der Waals surface area contributed by atoms with Gasteiger partial charge in [0, 0.05) is 19.6 Å². The van der Waals surface area contributed by atoms with Gasteiger partial charge in [-0.2, -0.15) is 4.31 Å². The third-order valence-electron chi connectivity index (χ3n) is 4.62. The molecule has 0 amide bonds. The molecule has 1 N–H and O–H groups in total. The molecule has 2 unspecified atom stereocenters. The van der Waals surface area contributed by atoms with Crippen molar-refractivity contribution in [3.05, 3.63) is 29.3 Å². The van der Waals surface area contributed by atoms with Crippen LogP contribution in [0, 0.1) is 18.8 Å². The molecule has 5 heteroatoms. The zero-order valence-electron chi connectivity index (χ0n) is 13.4. The minimum absolute atomic E-state index is 0.413. The molecule has 2 rings (SSSR count). The first-order valence-electron chi connectivity index (χ1n) is 7.60. The number of rotatable bonds is 4. The molecule has 1 aliphatic rings. The largest absolute Gasteiger partial charge is 0.316 e. The fraction of sp³-hybridized carbons (Fsp3) is 0.625. The molecule has 1 aromatic rings. The van der Waals surface area contributed by atoms with E-state index < -0.39 is 10.0 Å². The average molecular weight is 310 g/mol.